The molecule has 0 saturated carbocycles. The summed E-state index contributed by atoms with van der Waals surface area (Å²) < 4.78 is 21.2. The van der Waals surface area contributed by atoms with Gasteiger partial charge in [0.25, 0.3) is 11.4 Å². The monoisotopic (exact) mass is 454 g/mol. The molecule has 10 heteroatoms. The molecule has 0 fully saturated rings. The maximum Gasteiger partial charge on any atom is 0.277 e. The smallest absolute Gasteiger partial charge is 0.277 e. The van der Waals surface area contributed by atoms with Gasteiger partial charge in [0, 0.05) is 17.0 Å². The largest absolute Gasteiger partial charge is 0.493 e. The fourth-order valence-corrected chi connectivity index (χ4v) is 3.72. The molecule has 3 aromatic carbocycles. The predicted octanol–water partition coefficient (Wildman–Crippen LogP) is 4.72. The van der Waals surface area contributed by atoms with E-state index in [1.165, 1.54) is 52.7 Å². The predicted molar refractivity (Wildman–Crippen MR) is 120 cm³/mol. The van der Waals surface area contributed by atoms with E-state index in [0.29, 0.717) is 5.56 Å². The van der Waals surface area contributed by atoms with Crippen LogP contribution in [0.4, 0.5) is 11.4 Å². The Morgan fingerprint density at radius 1 is 0.636 bits per heavy atom. The molecule has 0 saturated heterocycles. The second-order valence-corrected chi connectivity index (χ2v) is 6.89. The fourth-order valence-electron chi connectivity index (χ4n) is 3.72. The molecule has 0 bridgehead atoms. The summed E-state index contributed by atoms with van der Waals surface area (Å²) in [7, 11) is 5.55. The third-order valence-electron chi connectivity index (χ3n) is 5.21. The maximum absolute atomic E-state index is 12.0. The molecule has 0 aliphatic heterocycles. The van der Waals surface area contributed by atoms with Crippen molar-refractivity contribution in [2.24, 2.45) is 0 Å². The van der Waals surface area contributed by atoms with Crippen molar-refractivity contribution in [2.75, 3.05) is 28.4 Å². The highest BCUT2D eigenvalue weighted by molar-refractivity contribution is 5.65. The number of nitro benzene ring substituents is 2. The Morgan fingerprint density at radius 2 is 1.00 bits per heavy atom. The molecule has 0 unspecified atom stereocenters. The van der Waals surface area contributed by atoms with Crippen LogP contribution in [0.25, 0.3) is 0 Å². The number of hydrogen-bond donors (Lipinski definition) is 0. The van der Waals surface area contributed by atoms with Crippen molar-refractivity contribution in [1.29, 1.82) is 0 Å². The van der Waals surface area contributed by atoms with E-state index in [4.69, 9.17) is 18.9 Å². The van der Waals surface area contributed by atoms with Crippen LogP contribution in [0.5, 0.6) is 23.0 Å². The molecule has 0 radical (unpaired) electrons. The standard InChI is InChI=1S/C23H22N2O8/c1-30-19-10-15(17(24(26)27)12-21(19)32-3)23(14-8-6-5-7-9-14)16-11-20(31-2)22(33-4)13-18(16)25(28)29/h5-13,23H,1-4H3. The Bertz CT molecular complexity index is 1110. The molecule has 0 aliphatic carbocycles. The Labute approximate surface area is 189 Å². The highest BCUT2D eigenvalue weighted by Crippen LogP contribution is 2.47. The van der Waals surface area contributed by atoms with Crippen LogP contribution < -0.4 is 18.9 Å². The molecule has 0 aromatic heterocycles. The van der Waals surface area contributed by atoms with E-state index < -0.39 is 15.8 Å². The van der Waals surface area contributed by atoms with E-state index in [0.717, 1.165) is 0 Å². The highest BCUT2D eigenvalue weighted by atomic mass is 16.6. The summed E-state index contributed by atoms with van der Waals surface area (Å²) in [5.74, 6) is -0.0564. The number of hydrogen-bond acceptors (Lipinski definition) is 8. The second-order valence-electron chi connectivity index (χ2n) is 6.89. The first kappa shape index (κ1) is 23.3. The lowest BCUT2D eigenvalue weighted by molar-refractivity contribution is -0.386. The molecular formula is C23H22N2O8. The summed E-state index contributed by atoms with van der Waals surface area (Å²) >= 11 is 0. The molecule has 3 aromatic rings. The van der Waals surface area contributed by atoms with Gasteiger partial charge in [-0.05, 0) is 17.7 Å². The van der Waals surface area contributed by atoms with Crippen LogP contribution in [0, 0.1) is 20.2 Å². The van der Waals surface area contributed by atoms with E-state index in [1.807, 2.05) is 0 Å². The quantitative estimate of drug-likeness (QED) is 0.259. The molecular weight excluding hydrogens is 432 g/mol. The molecule has 0 N–H and O–H groups in total. The highest BCUT2D eigenvalue weighted by Gasteiger charge is 2.34. The summed E-state index contributed by atoms with van der Waals surface area (Å²) in [5.41, 5.74) is 0.442. The lowest BCUT2D eigenvalue weighted by Gasteiger charge is -2.21. The minimum Gasteiger partial charge on any atom is -0.493 e. The zero-order chi connectivity index (χ0) is 24.1. The lowest BCUT2D eigenvalue weighted by atomic mass is 9.83. The molecule has 3 rings (SSSR count). The summed E-state index contributed by atoms with van der Waals surface area (Å²) in [4.78, 5) is 22.9. The van der Waals surface area contributed by atoms with E-state index in [-0.39, 0.29) is 45.5 Å². The van der Waals surface area contributed by atoms with E-state index in [2.05, 4.69) is 0 Å². The van der Waals surface area contributed by atoms with Gasteiger partial charge < -0.3 is 18.9 Å². The van der Waals surface area contributed by atoms with Crippen molar-refractivity contribution in [1.82, 2.24) is 0 Å². The van der Waals surface area contributed by atoms with Crippen LogP contribution in [-0.4, -0.2) is 38.3 Å². The van der Waals surface area contributed by atoms with Crippen molar-refractivity contribution in [3.05, 3.63) is 91.5 Å². The molecule has 172 valence electrons. The third-order valence-corrected chi connectivity index (χ3v) is 5.21. The SMILES string of the molecule is COc1cc(C(c2ccccc2)c2cc(OC)c(OC)cc2[N+](=O)[O-])c([N+](=O)[O-])cc1OC. The number of nitrogens with zero attached hydrogens (tertiary/aromatic N) is 2. The van der Waals surface area contributed by atoms with Crippen molar-refractivity contribution in [3.8, 4) is 23.0 Å². The summed E-state index contributed by atoms with van der Waals surface area (Å²) in [6.45, 7) is 0. The molecule has 0 spiro atoms. The first-order valence-electron chi connectivity index (χ1n) is 9.71. The number of benzene rings is 3. The topological polar surface area (TPSA) is 123 Å². The first-order chi connectivity index (χ1) is 15.9. The van der Waals surface area contributed by atoms with Gasteiger partial charge in [0.1, 0.15) is 0 Å². The van der Waals surface area contributed by atoms with Crippen molar-refractivity contribution in [3.63, 3.8) is 0 Å². The number of nitro groups is 2. The van der Waals surface area contributed by atoms with Gasteiger partial charge in [0.2, 0.25) is 0 Å². The third kappa shape index (κ3) is 4.49. The van der Waals surface area contributed by atoms with Gasteiger partial charge in [-0.1, -0.05) is 30.3 Å². The summed E-state index contributed by atoms with van der Waals surface area (Å²) in [5, 5.41) is 24.1. The Hall–Kier alpha value is -4.34. The van der Waals surface area contributed by atoms with Gasteiger partial charge in [0.05, 0.1) is 50.4 Å². The minimum absolute atomic E-state index is 0.168. The Balaban J connectivity index is 2.45. The first-order valence-corrected chi connectivity index (χ1v) is 9.71. The average molecular weight is 454 g/mol. The summed E-state index contributed by atoms with van der Waals surface area (Å²) in [6.07, 6.45) is 0. The normalized spacial score (nSPS) is 10.6. The number of ether oxygens (including phenoxy) is 4. The number of methoxy groups -OCH3 is 4. The van der Waals surface area contributed by atoms with Crippen LogP contribution in [0.3, 0.4) is 0 Å². The molecule has 0 aliphatic rings. The van der Waals surface area contributed by atoms with Gasteiger partial charge in [0.15, 0.2) is 23.0 Å². The van der Waals surface area contributed by atoms with Crippen LogP contribution >= 0.6 is 0 Å². The molecule has 10 nitrogen and oxygen atoms in total. The van der Waals surface area contributed by atoms with Gasteiger partial charge in [-0.2, -0.15) is 0 Å². The number of rotatable bonds is 9. The zero-order valence-corrected chi connectivity index (χ0v) is 18.4. The summed E-state index contributed by atoms with van der Waals surface area (Å²) in [6, 6.07) is 14.2. The van der Waals surface area contributed by atoms with Gasteiger partial charge in [-0.25, -0.2) is 0 Å². The van der Waals surface area contributed by atoms with Crippen LogP contribution in [-0.2, 0) is 0 Å². The molecule has 0 heterocycles. The van der Waals surface area contributed by atoms with Gasteiger partial charge >= 0.3 is 0 Å². The van der Waals surface area contributed by atoms with Gasteiger partial charge in [-0.3, -0.25) is 20.2 Å². The Morgan fingerprint density at radius 3 is 1.33 bits per heavy atom. The van der Waals surface area contributed by atoms with E-state index in [9.17, 15) is 20.2 Å². The molecule has 33 heavy (non-hydrogen) atoms. The average Bonchev–Trinajstić information content (AvgIpc) is 2.83. The lowest BCUT2D eigenvalue weighted by Crippen LogP contribution is -2.10. The fraction of sp³-hybridized carbons (Fsp3) is 0.217. The van der Waals surface area contributed by atoms with Crippen molar-refractivity contribution < 1.29 is 28.8 Å². The zero-order valence-electron chi connectivity index (χ0n) is 18.4. The molecule has 0 amide bonds. The van der Waals surface area contributed by atoms with Crippen molar-refractivity contribution in [2.45, 2.75) is 5.92 Å². The van der Waals surface area contributed by atoms with Crippen LogP contribution in [0.15, 0.2) is 54.6 Å². The minimum atomic E-state index is -0.897. The Kier molecular flexibility index (Phi) is 6.97. The second kappa shape index (κ2) is 9.86. The van der Waals surface area contributed by atoms with Crippen molar-refractivity contribution >= 4 is 11.4 Å². The van der Waals surface area contributed by atoms with Crippen LogP contribution in [0.2, 0.25) is 0 Å². The van der Waals surface area contributed by atoms with E-state index in [1.54, 1.807) is 30.3 Å². The van der Waals surface area contributed by atoms with Gasteiger partial charge in [-0.15, -0.1) is 0 Å². The van der Waals surface area contributed by atoms with E-state index >= 15 is 0 Å². The van der Waals surface area contributed by atoms with Crippen LogP contribution in [0.1, 0.15) is 22.6 Å². The molecule has 0 atom stereocenters. The maximum atomic E-state index is 12.0.